The summed E-state index contributed by atoms with van der Waals surface area (Å²) >= 11 is 1.39. The van der Waals surface area contributed by atoms with E-state index in [2.05, 4.69) is 10.4 Å². The Hall–Kier alpha value is -4.69. The van der Waals surface area contributed by atoms with E-state index in [0.717, 1.165) is 16.1 Å². The number of anilines is 1. The number of nitrogens with one attached hydrogen (secondary N) is 1. The van der Waals surface area contributed by atoms with Crippen LogP contribution in [-0.2, 0) is 0 Å². The van der Waals surface area contributed by atoms with Crippen molar-refractivity contribution < 1.29 is 9.72 Å². The van der Waals surface area contributed by atoms with Crippen LogP contribution in [0.3, 0.4) is 0 Å². The largest absolute Gasteiger partial charge is 0.322 e. The molecule has 0 bridgehead atoms. The second-order valence-corrected chi connectivity index (χ2v) is 9.03. The summed E-state index contributed by atoms with van der Waals surface area (Å²) < 4.78 is 1.65. The van der Waals surface area contributed by atoms with Gasteiger partial charge in [0.2, 0.25) is 0 Å². The number of amides is 1. The van der Waals surface area contributed by atoms with E-state index in [0.29, 0.717) is 21.8 Å². The highest BCUT2D eigenvalue weighted by Gasteiger charge is 2.20. The predicted octanol–water partition coefficient (Wildman–Crippen LogP) is 6.85. The number of non-ortho nitro benzene ring substituents is 1. The van der Waals surface area contributed by atoms with Gasteiger partial charge in [0.25, 0.3) is 11.6 Å². The van der Waals surface area contributed by atoms with Crippen LogP contribution >= 0.6 is 11.8 Å². The summed E-state index contributed by atoms with van der Waals surface area (Å²) in [6.45, 7) is 0. The van der Waals surface area contributed by atoms with E-state index in [1.807, 2.05) is 91.0 Å². The number of hydrogen-bond donors (Lipinski definition) is 1. The molecule has 5 rings (SSSR count). The second-order valence-electron chi connectivity index (χ2n) is 7.88. The number of para-hydroxylation sites is 1. The average Bonchev–Trinajstić information content (AvgIpc) is 3.36. The monoisotopic (exact) mass is 492 g/mol. The van der Waals surface area contributed by atoms with E-state index < -0.39 is 10.8 Å². The van der Waals surface area contributed by atoms with Gasteiger partial charge in [-0.1, -0.05) is 78.5 Å². The van der Waals surface area contributed by atoms with Crippen molar-refractivity contribution in [3.05, 3.63) is 131 Å². The van der Waals surface area contributed by atoms with Crippen LogP contribution in [0.4, 0.5) is 11.4 Å². The fraction of sp³-hybridized carbons (Fsp3) is 0. The molecule has 4 aromatic carbocycles. The molecule has 0 saturated carbocycles. The summed E-state index contributed by atoms with van der Waals surface area (Å²) in [5.41, 5.74) is 2.70. The van der Waals surface area contributed by atoms with Crippen molar-refractivity contribution >= 4 is 29.0 Å². The summed E-state index contributed by atoms with van der Waals surface area (Å²) in [4.78, 5) is 26.2. The van der Waals surface area contributed by atoms with E-state index in [-0.39, 0.29) is 5.69 Å². The maximum atomic E-state index is 13.5. The Bertz CT molecular complexity index is 1520. The lowest BCUT2D eigenvalue weighted by atomic mass is 10.1. The molecular weight excluding hydrogens is 472 g/mol. The van der Waals surface area contributed by atoms with Gasteiger partial charge in [0.1, 0.15) is 5.69 Å². The standard InChI is InChI=1S/C28H20N4O3S/c33-28(29-21-16-23(32(34)35)18-25(17-21)36-24-14-8-3-9-15-24)26-19-31(22-12-6-2-7-13-22)30-27(26)20-10-4-1-5-11-20/h1-19H,(H,29,33). The van der Waals surface area contributed by atoms with Gasteiger partial charge < -0.3 is 5.32 Å². The maximum Gasteiger partial charge on any atom is 0.272 e. The number of nitro benzene ring substituents is 1. The van der Waals surface area contributed by atoms with E-state index in [1.54, 1.807) is 16.9 Å². The molecule has 5 aromatic rings. The maximum absolute atomic E-state index is 13.5. The molecule has 1 aromatic heterocycles. The van der Waals surface area contributed by atoms with E-state index in [4.69, 9.17) is 0 Å². The summed E-state index contributed by atoms with van der Waals surface area (Å²) in [5.74, 6) is -0.410. The van der Waals surface area contributed by atoms with Crippen molar-refractivity contribution in [1.29, 1.82) is 0 Å². The molecule has 0 aliphatic heterocycles. The van der Waals surface area contributed by atoms with Crippen LogP contribution in [0, 0.1) is 10.1 Å². The number of nitrogens with zero attached hydrogens (tertiary/aromatic N) is 3. The number of aromatic nitrogens is 2. The zero-order valence-corrected chi connectivity index (χ0v) is 19.8. The fourth-order valence-electron chi connectivity index (χ4n) is 3.71. The van der Waals surface area contributed by atoms with E-state index in [9.17, 15) is 14.9 Å². The van der Waals surface area contributed by atoms with Crippen LogP contribution in [0.5, 0.6) is 0 Å². The number of benzene rings is 4. The molecular formula is C28H20N4O3S. The minimum Gasteiger partial charge on any atom is -0.322 e. The van der Waals surface area contributed by atoms with Crippen LogP contribution < -0.4 is 5.32 Å². The van der Waals surface area contributed by atoms with Crippen LogP contribution in [0.1, 0.15) is 10.4 Å². The Balaban J connectivity index is 1.51. The van der Waals surface area contributed by atoms with Crippen molar-refractivity contribution in [2.24, 2.45) is 0 Å². The van der Waals surface area contributed by atoms with Crippen LogP contribution in [0.2, 0.25) is 0 Å². The zero-order valence-electron chi connectivity index (χ0n) is 18.9. The van der Waals surface area contributed by atoms with Gasteiger partial charge >= 0.3 is 0 Å². The fourth-order valence-corrected chi connectivity index (χ4v) is 4.64. The number of carbonyl (C=O) groups excluding carboxylic acids is 1. The van der Waals surface area contributed by atoms with Gasteiger partial charge in [0.15, 0.2) is 0 Å². The summed E-state index contributed by atoms with van der Waals surface area (Å²) in [6, 6.07) is 33.1. The first-order valence-electron chi connectivity index (χ1n) is 11.1. The third kappa shape index (κ3) is 5.18. The zero-order chi connectivity index (χ0) is 24.9. The van der Waals surface area contributed by atoms with Crippen molar-refractivity contribution in [2.45, 2.75) is 9.79 Å². The molecule has 1 amide bonds. The molecule has 0 unspecified atom stereocenters. The van der Waals surface area contributed by atoms with Gasteiger partial charge in [0.05, 0.1) is 16.2 Å². The first-order chi connectivity index (χ1) is 17.6. The van der Waals surface area contributed by atoms with Gasteiger partial charge in [-0.2, -0.15) is 5.10 Å². The molecule has 36 heavy (non-hydrogen) atoms. The Kier molecular flexibility index (Phi) is 6.59. The molecule has 0 aliphatic carbocycles. The molecule has 0 saturated heterocycles. The Labute approximate surface area is 211 Å². The van der Waals surface area contributed by atoms with Gasteiger partial charge in [-0.15, -0.1) is 0 Å². The highest BCUT2D eigenvalue weighted by molar-refractivity contribution is 7.99. The molecule has 0 aliphatic rings. The number of hydrogen-bond acceptors (Lipinski definition) is 5. The summed E-state index contributed by atoms with van der Waals surface area (Å²) in [5, 5.41) is 19.1. The predicted molar refractivity (Wildman–Crippen MR) is 141 cm³/mol. The van der Waals surface area contributed by atoms with Gasteiger partial charge in [-0.05, 0) is 30.3 Å². The number of rotatable bonds is 7. The van der Waals surface area contributed by atoms with Crippen molar-refractivity contribution in [3.8, 4) is 16.9 Å². The lowest BCUT2D eigenvalue weighted by molar-refractivity contribution is -0.385. The number of carbonyl (C=O) groups is 1. The summed E-state index contributed by atoms with van der Waals surface area (Å²) in [7, 11) is 0. The third-order valence-electron chi connectivity index (χ3n) is 5.37. The summed E-state index contributed by atoms with van der Waals surface area (Å²) in [6.07, 6.45) is 1.67. The topological polar surface area (TPSA) is 90.1 Å². The first kappa shape index (κ1) is 23.1. The molecule has 7 nitrogen and oxygen atoms in total. The highest BCUT2D eigenvalue weighted by atomic mass is 32.2. The molecule has 1 N–H and O–H groups in total. The van der Waals surface area contributed by atoms with E-state index in [1.165, 1.54) is 23.9 Å². The van der Waals surface area contributed by atoms with E-state index >= 15 is 0 Å². The minimum atomic E-state index is -0.465. The number of nitro groups is 1. The van der Waals surface area contributed by atoms with Crippen LogP contribution in [0.25, 0.3) is 16.9 Å². The lowest BCUT2D eigenvalue weighted by Crippen LogP contribution is -2.12. The van der Waals surface area contributed by atoms with Crippen molar-refractivity contribution in [3.63, 3.8) is 0 Å². The molecule has 1 heterocycles. The molecule has 0 spiro atoms. The molecule has 0 fully saturated rings. The van der Waals surface area contributed by atoms with Crippen molar-refractivity contribution in [1.82, 2.24) is 9.78 Å². The normalized spacial score (nSPS) is 10.7. The Morgan fingerprint density at radius 3 is 2.14 bits per heavy atom. The smallest absolute Gasteiger partial charge is 0.272 e. The molecule has 0 atom stereocenters. The molecule has 8 heteroatoms. The van der Waals surface area contributed by atoms with Gasteiger partial charge in [0, 0.05) is 39.4 Å². The average molecular weight is 493 g/mol. The third-order valence-corrected chi connectivity index (χ3v) is 6.34. The Morgan fingerprint density at radius 2 is 1.47 bits per heavy atom. The SMILES string of the molecule is O=C(Nc1cc(Sc2ccccc2)cc([N+](=O)[O-])c1)c1cn(-c2ccccc2)nc1-c1ccccc1. The first-order valence-corrected chi connectivity index (χ1v) is 11.9. The lowest BCUT2D eigenvalue weighted by Gasteiger charge is -2.08. The highest BCUT2D eigenvalue weighted by Crippen LogP contribution is 2.33. The van der Waals surface area contributed by atoms with Gasteiger partial charge in [-0.3, -0.25) is 14.9 Å². The van der Waals surface area contributed by atoms with Gasteiger partial charge in [-0.25, -0.2) is 4.68 Å². The van der Waals surface area contributed by atoms with Crippen molar-refractivity contribution in [2.75, 3.05) is 5.32 Å². The second kappa shape index (κ2) is 10.3. The Morgan fingerprint density at radius 1 is 0.833 bits per heavy atom. The van der Waals surface area contributed by atoms with Crippen LogP contribution in [0.15, 0.2) is 125 Å². The molecule has 0 radical (unpaired) electrons. The minimum absolute atomic E-state index is 0.102. The quantitative estimate of drug-likeness (QED) is 0.198. The molecule has 176 valence electrons. The van der Waals surface area contributed by atoms with Crippen LogP contribution in [-0.4, -0.2) is 20.6 Å².